The van der Waals surface area contributed by atoms with Crippen molar-refractivity contribution in [2.45, 2.75) is 6.18 Å². The van der Waals surface area contributed by atoms with Gasteiger partial charge in [-0.05, 0) is 35.9 Å². The van der Waals surface area contributed by atoms with E-state index < -0.39 is 40.9 Å². The van der Waals surface area contributed by atoms with Crippen molar-refractivity contribution in [2.24, 2.45) is 0 Å². The largest absolute Gasteiger partial charge is 0.416 e. The van der Waals surface area contributed by atoms with Crippen molar-refractivity contribution >= 4 is 28.8 Å². The van der Waals surface area contributed by atoms with Gasteiger partial charge >= 0.3 is 6.18 Å². The van der Waals surface area contributed by atoms with Crippen molar-refractivity contribution in [1.82, 2.24) is 0 Å². The number of carbonyl (C=O) groups is 2. The van der Waals surface area contributed by atoms with E-state index in [1.165, 1.54) is 18.2 Å². The first-order valence-electron chi connectivity index (χ1n) is 9.24. The van der Waals surface area contributed by atoms with E-state index >= 15 is 0 Å². The zero-order valence-corrected chi connectivity index (χ0v) is 16.1. The molecule has 1 aliphatic heterocycles. The molecule has 162 valence electrons. The van der Waals surface area contributed by atoms with Crippen molar-refractivity contribution in [3.63, 3.8) is 0 Å². The molecule has 32 heavy (non-hydrogen) atoms. The highest BCUT2D eigenvalue weighted by Gasteiger charge is 2.41. The van der Waals surface area contributed by atoms with E-state index in [-0.39, 0.29) is 17.0 Å². The third-order valence-electron chi connectivity index (χ3n) is 4.76. The molecule has 0 saturated carbocycles. The summed E-state index contributed by atoms with van der Waals surface area (Å²) in [6.45, 7) is 0. The Morgan fingerprint density at radius 1 is 0.781 bits per heavy atom. The minimum atomic E-state index is -4.62. The van der Waals surface area contributed by atoms with Crippen molar-refractivity contribution in [3.05, 3.63) is 101 Å². The van der Waals surface area contributed by atoms with E-state index in [1.807, 2.05) is 0 Å². The number of hydrogen-bond donors (Lipinski definition) is 1. The van der Waals surface area contributed by atoms with E-state index in [1.54, 1.807) is 18.2 Å². The van der Waals surface area contributed by atoms with Crippen molar-refractivity contribution in [1.29, 1.82) is 0 Å². The lowest BCUT2D eigenvalue weighted by molar-refractivity contribution is -0.137. The highest BCUT2D eigenvalue weighted by atomic mass is 19.4. The maximum absolute atomic E-state index is 14.4. The van der Waals surface area contributed by atoms with Gasteiger partial charge in [-0.15, -0.1) is 0 Å². The molecule has 0 fully saturated rings. The average Bonchev–Trinajstić information content (AvgIpc) is 2.98. The van der Waals surface area contributed by atoms with Crippen LogP contribution < -0.4 is 10.2 Å². The molecule has 0 aromatic heterocycles. The van der Waals surface area contributed by atoms with Crippen LogP contribution in [0.5, 0.6) is 0 Å². The molecule has 0 saturated heterocycles. The highest BCUT2D eigenvalue weighted by molar-refractivity contribution is 6.46. The first-order valence-corrected chi connectivity index (χ1v) is 9.24. The Balaban J connectivity index is 1.82. The maximum Gasteiger partial charge on any atom is 0.416 e. The van der Waals surface area contributed by atoms with E-state index in [0.29, 0.717) is 16.5 Å². The second-order valence-corrected chi connectivity index (χ2v) is 6.86. The molecule has 0 atom stereocenters. The topological polar surface area (TPSA) is 49.4 Å². The number of rotatable bonds is 4. The third kappa shape index (κ3) is 3.84. The van der Waals surface area contributed by atoms with Gasteiger partial charge in [-0.3, -0.25) is 9.59 Å². The Labute approximate surface area is 178 Å². The van der Waals surface area contributed by atoms with Crippen LogP contribution in [0.1, 0.15) is 11.1 Å². The van der Waals surface area contributed by atoms with Crippen LogP contribution in [0.15, 0.2) is 78.5 Å². The van der Waals surface area contributed by atoms with Gasteiger partial charge in [0.15, 0.2) is 0 Å². The van der Waals surface area contributed by atoms with Gasteiger partial charge in [0.2, 0.25) is 0 Å². The molecule has 2 amide bonds. The molecule has 4 rings (SSSR count). The maximum atomic E-state index is 14.4. The van der Waals surface area contributed by atoms with Crippen LogP contribution in [-0.2, 0) is 15.8 Å². The zero-order valence-electron chi connectivity index (χ0n) is 16.1. The standard InChI is InChI=1S/C23H13F5N2O2/c24-15-9-10-18(17(25)12-15)30-21(31)19(13-5-2-1-3-6-13)20(22(30)32)29-16-8-4-7-14(11-16)23(26,27)28/h1-12,29H. The Kier molecular flexibility index (Phi) is 5.25. The Hall–Kier alpha value is -4.01. The molecule has 0 aliphatic carbocycles. The van der Waals surface area contributed by atoms with Gasteiger partial charge in [0.25, 0.3) is 11.8 Å². The third-order valence-corrected chi connectivity index (χ3v) is 4.76. The molecule has 0 unspecified atom stereocenters. The van der Waals surface area contributed by atoms with Gasteiger partial charge < -0.3 is 5.32 Å². The summed E-state index contributed by atoms with van der Waals surface area (Å²) in [6, 6.07) is 14.4. The summed E-state index contributed by atoms with van der Waals surface area (Å²) in [5.41, 5.74) is -1.71. The fourth-order valence-corrected chi connectivity index (χ4v) is 3.32. The summed E-state index contributed by atoms with van der Waals surface area (Å²) < 4.78 is 66.9. The second kappa shape index (κ2) is 7.92. The lowest BCUT2D eigenvalue weighted by Gasteiger charge is -2.16. The van der Waals surface area contributed by atoms with Crippen LogP contribution in [0.4, 0.5) is 33.3 Å². The minimum Gasteiger partial charge on any atom is -0.350 e. The zero-order chi connectivity index (χ0) is 23.0. The fourth-order valence-electron chi connectivity index (χ4n) is 3.32. The number of benzene rings is 3. The molecule has 3 aromatic carbocycles. The molecule has 9 heteroatoms. The summed E-state index contributed by atoms with van der Waals surface area (Å²) in [5, 5.41) is 2.58. The number of alkyl halides is 3. The van der Waals surface area contributed by atoms with Crippen LogP contribution in [0, 0.1) is 11.6 Å². The Morgan fingerprint density at radius 2 is 1.50 bits per heavy atom. The van der Waals surface area contributed by atoms with Gasteiger partial charge in [0.1, 0.15) is 17.3 Å². The average molecular weight is 444 g/mol. The molecule has 3 aromatic rings. The number of imide groups is 1. The number of carbonyl (C=O) groups excluding carboxylic acids is 2. The summed E-state index contributed by atoms with van der Waals surface area (Å²) in [6.07, 6.45) is -4.62. The summed E-state index contributed by atoms with van der Waals surface area (Å²) in [4.78, 5) is 26.8. The molecule has 1 N–H and O–H groups in total. The predicted octanol–water partition coefficient (Wildman–Crippen LogP) is 5.38. The number of anilines is 2. The monoisotopic (exact) mass is 444 g/mol. The first-order chi connectivity index (χ1) is 15.2. The quantitative estimate of drug-likeness (QED) is 0.434. The highest BCUT2D eigenvalue weighted by Crippen LogP contribution is 2.36. The van der Waals surface area contributed by atoms with Crippen LogP contribution in [-0.4, -0.2) is 11.8 Å². The summed E-state index contributed by atoms with van der Waals surface area (Å²) in [5.74, 6) is -3.93. The molecule has 1 heterocycles. The molecule has 1 aliphatic rings. The van der Waals surface area contributed by atoms with Crippen LogP contribution >= 0.6 is 0 Å². The van der Waals surface area contributed by atoms with E-state index in [9.17, 15) is 31.5 Å². The number of amides is 2. The number of nitrogens with one attached hydrogen (secondary N) is 1. The van der Waals surface area contributed by atoms with Crippen molar-refractivity contribution < 1.29 is 31.5 Å². The number of hydrogen-bond acceptors (Lipinski definition) is 3. The normalized spacial score (nSPS) is 14.3. The van der Waals surface area contributed by atoms with Crippen LogP contribution in [0.25, 0.3) is 5.57 Å². The fraction of sp³-hybridized carbons (Fsp3) is 0.0435. The molecule has 0 radical (unpaired) electrons. The predicted molar refractivity (Wildman–Crippen MR) is 107 cm³/mol. The summed E-state index contributed by atoms with van der Waals surface area (Å²) >= 11 is 0. The Bertz CT molecular complexity index is 1250. The van der Waals surface area contributed by atoms with Gasteiger partial charge in [-0.2, -0.15) is 13.2 Å². The molecule has 0 bridgehead atoms. The van der Waals surface area contributed by atoms with Gasteiger partial charge in [-0.25, -0.2) is 13.7 Å². The smallest absolute Gasteiger partial charge is 0.350 e. The molecular formula is C23H13F5N2O2. The first kappa shape index (κ1) is 21.2. The second-order valence-electron chi connectivity index (χ2n) is 6.86. The SMILES string of the molecule is O=C1C(Nc2cccc(C(F)(F)F)c2)=C(c2ccccc2)C(=O)N1c1ccc(F)cc1F. The van der Waals surface area contributed by atoms with E-state index in [0.717, 1.165) is 30.3 Å². The molecule has 0 spiro atoms. The molecule has 4 nitrogen and oxygen atoms in total. The van der Waals surface area contributed by atoms with Crippen LogP contribution in [0.3, 0.4) is 0 Å². The summed E-state index contributed by atoms with van der Waals surface area (Å²) in [7, 11) is 0. The van der Waals surface area contributed by atoms with Crippen molar-refractivity contribution in [2.75, 3.05) is 10.2 Å². The number of halogens is 5. The Morgan fingerprint density at radius 3 is 2.16 bits per heavy atom. The lowest BCUT2D eigenvalue weighted by atomic mass is 10.0. The van der Waals surface area contributed by atoms with E-state index in [4.69, 9.17) is 0 Å². The molecular weight excluding hydrogens is 431 g/mol. The van der Waals surface area contributed by atoms with Gasteiger partial charge in [0.05, 0.1) is 16.8 Å². The number of nitrogens with zero attached hydrogens (tertiary/aromatic N) is 1. The lowest BCUT2D eigenvalue weighted by Crippen LogP contribution is -2.33. The van der Waals surface area contributed by atoms with Gasteiger partial charge in [0, 0.05) is 11.8 Å². The minimum absolute atomic E-state index is 0.0918. The van der Waals surface area contributed by atoms with Crippen molar-refractivity contribution in [3.8, 4) is 0 Å². The van der Waals surface area contributed by atoms with Gasteiger partial charge in [-0.1, -0.05) is 36.4 Å². The van der Waals surface area contributed by atoms with Crippen LogP contribution in [0.2, 0.25) is 0 Å². The van der Waals surface area contributed by atoms with E-state index in [2.05, 4.69) is 5.32 Å².